The van der Waals surface area contributed by atoms with E-state index in [-0.39, 0.29) is 0 Å². The van der Waals surface area contributed by atoms with Gasteiger partial charge in [0.25, 0.3) is 0 Å². The van der Waals surface area contributed by atoms with Crippen molar-refractivity contribution in [1.82, 2.24) is 9.55 Å². The number of benzene rings is 3. The predicted molar refractivity (Wildman–Crippen MR) is 115 cm³/mol. The van der Waals surface area contributed by atoms with Gasteiger partial charge in [0.2, 0.25) is 0 Å². The standard InChI is InChI=1S/C23H16BF3N2S/c24-19-7-4-8-20(13-19)29-14-21(17-5-2-1-3-6-17)28-22(29)30-15-16-9-11-18(12-10-16)23(25,26)27/h1-14H,15H2. The Morgan fingerprint density at radius 1 is 0.900 bits per heavy atom. The fourth-order valence-corrected chi connectivity index (χ4v) is 3.96. The quantitative estimate of drug-likeness (QED) is 0.307. The highest BCUT2D eigenvalue weighted by atomic mass is 32.2. The molecule has 0 spiro atoms. The van der Waals surface area contributed by atoms with Gasteiger partial charge in [-0.2, -0.15) is 13.2 Å². The zero-order valence-corrected chi connectivity index (χ0v) is 16.6. The highest BCUT2D eigenvalue weighted by Crippen LogP contribution is 2.32. The third-order valence-electron chi connectivity index (χ3n) is 4.54. The van der Waals surface area contributed by atoms with Gasteiger partial charge in [-0.1, -0.05) is 71.8 Å². The van der Waals surface area contributed by atoms with Crippen molar-refractivity contribution < 1.29 is 13.2 Å². The molecule has 4 rings (SSSR count). The third-order valence-corrected chi connectivity index (χ3v) is 5.56. The van der Waals surface area contributed by atoms with Gasteiger partial charge in [-0.3, -0.25) is 4.57 Å². The van der Waals surface area contributed by atoms with E-state index in [0.29, 0.717) is 11.2 Å². The number of nitrogens with zero attached hydrogens (tertiary/aromatic N) is 2. The van der Waals surface area contributed by atoms with E-state index in [1.165, 1.54) is 23.9 Å². The molecule has 2 nitrogen and oxygen atoms in total. The summed E-state index contributed by atoms with van der Waals surface area (Å²) in [5.41, 5.74) is 3.45. The fourth-order valence-electron chi connectivity index (χ4n) is 3.01. The van der Waals surface area contributed by atoms with Crippen molar-refractivity contribution in [3.05, 3.63) is 96.2 Å². The van der Waals surface area contributed by atoms with Crippen LogP contribution in [0, 0.1) is 0 Å². The molecular formula is C23H16BF3N2S. The molecule has 3 aromatic carbocycles. The number of rotatable bonds is 5. The minimum absolute atomic E-state index is 0.492. The molecule has 0 atom stereocenters. The molecule has 1 heterocycles. The molecule has 0 unspecified atom stereocenters. The van der Waals surface area contributed by atoms with E-state index >= 15 is 0 Å². The molecule has 4 aromatic rings. The Morgan fingerprint density at radius 3 is 2.30 bits per heavy atom. The average molecular weight is 420 g/mol. The van der Waals surface area contributed by atoms with Crippen LogP contribution >= 0.6 is 11.8 Å². The van der Waals surface area contributed by atoms with Gasteiger partial charge in [-0.25, -0.2) is 4.98 Å². The monoisotopic (exact) mass is 420 g/mol. The van der Waals surface area contributed by atoms with Gasteiger partial charge in [-0.15, -0.1) is 0 Å². The molecule has 2 radical (unpaired) electrons. The summed E-state index contributed by atoms with van der Waals surface area (Å²) < 4.78 is 40.3. The summed E-state index contributed by atoms with van der Waals surface area (Å²) in [7, 11) is 5.95. The van der Waals surface area contributed by atoms with Crippen LogP contribution in [0.15, 0.2) is 90.2 Å². The molecule has 7 heteroatoms. The van der Waals surface area contributed by atoms with Gasteiger partial charge in [0.15, 0.2) is 5.16 Å². The van der Waals surface area contributed by atoms with E-state index in [0.717, 1.165) is 39.8 Å². The van der Waals surface area contributed by atoms with E-state index in [4.69, 9.17) is 12.8 Å². The largest absolute Gasteiger partial charge is 0.416 e. The Kier molecular flexibility index (Phi) is 5.73. The lowest BCUT2D eigenvalue weighted by Gasteiger charge is -2.09. The number of imidazole rings is 1. The van der Waals surface area contributed by atoms with E-state index in [1.807, 2.05) is 65.4 Å². The van der Waals surface area contributed by atoms with Crippen LogP contribution in [0.4, 0.5) is 13.2 Å². The Balaban J connectivity index is 1.63. The normalized spacial score (nSPS) is 11.6. The molecule has 0 fully saturated rings. The first-order chi connectivity index (χ1) is 14.4. The van der Waals surface area contributed by atoms with Crippen LogP contribution in [0.1, 0.15) is 11.1 Å². The summed E-state index contributed by atoms with van der Waals surface area (Å²) in [5.74, 6) is 0.492. The first kappa shape index (κ1) is 20.4. The number of hydrogen-bond donors (Lipinski definition) is 0. The third kappa shape index (κ3) is 4.62. The van der Waals surface area contributed by atoms with Crippen molar-refractivity contribution in [2.24, 2.45) is 0 Å². The van der Waals surface area contributed by atoms with Gasteiger partial charge >= 0.3 is 6.18 Å². The molecule has 0 aliphatic heterocycles. The van der Waals surface area contributed by atoms with E-state index < -0.39 is 11.7 Å². The Hall–Kier alpha value is -2.93. The van der Waals surface area contributed by atoms with Crippen molar-refractivity contribution >= 4 is 25.1 Å². The molecule has 148 valence electrons. The first-order valence-electron chi connectivity index (χ1n) is 9.20. The lowest BCUT2D eigenvalue weighted by Crippen LogP contribution is -2.05. The summed E-state index contributed by atoms with van der Waals surface area (Å²) in [6.07, 6.45) is -2.39. The van der Waals surface area contributed by atoms with Crippen molar-refractivity contribution in [3.63, 3.8) is 0 Å². The molecule has 0 saturated carbocycles. The van der Waals surface area contributed by atoms with E-state index in [2.05, 4.69) is 0 Å². The lowest BCUT2D eigenvalue weighted by atomic mass is 9.96. The molecule has 0 N–H and O–H groups in total. The van der Waals surface area contributed by atoms with Gasteiger partial charge in [0.1, 0.15) is 7.85 Å². The highest BCUT2D eigenvalue weighted by molar-refractivity contribution is 7.98. The zero-order valence-electron chi connectivity index (χ0n) is 15.8. The van der Waals surface area contributed by atoms with Crippen LogP contribution in [0.2, 0.25) is 0 Å². The first-order valence-corrected chi connectivity index (χ1v) is 10.2. The molecule has 0 aliphatic rings. The highest BCUT2D eigenvalue weighted by Gasteiger charge is 2.29. The van der Waals surface area contributed by atoms with Gasteiger partial charge < -0.3 is 0 Å². The van der Waals surface area contributed by atoms with E-state index in [1.54, 1.807) is 0 Å². The molecule has 30 heavy (non-hydrogen) atoms. The topological polar surface area (TPSA) is 17.8 Å². The molecule has 0 bridgehead atoms. The maximum absolute atomic E-state index is 12.8. The van der Waals surface area contributed by atoms with Gasteiger partial charge in [-0.05, 0) is 29.8 Å². The van der Waals surface area contributed by atoms with Crippen molar-refractivity contribution in [3.8, 4) is 16.9 Å². The van der Waals surface area contributed by atoms with Crippen LogP contribution < -0.4 is 5.46 Å². The zero-order chi connectivity index (χ0) is 21.1. The summed E-state index contributed by atoms with van der Waals surface area (Å²) >= 11 is 1.46. The minimum atomic E-state index is -4.33. The number of thioether (sulfide) groups is 1. The van der Waals surface area contributed by atoms with Crippen LogP contribution in [0.25, 0.3) is 16.9 Å². The summed E-state index contributed by atoms with van der Waals surface area (Å²) in [5, 5.41) is 0.736. The second kappa shape index (κ2) is 8.44. The fraction of sp³-hybridized carbons (Fsp3) is 0.0870. The van der Waals surface area contributed by atoms with Gasteiger partial charge in [0.05, 0.1) is 11.3 Å². The number of halogens is 3. The molecule has 0 saturated heterocycles. The lowest BCUT2D eigenvalue weighted by molar-refractivity contribution is -0.137. The summed E-state index contributed by atoms with van der Waals surface area (Å²) in [6, 6.07) is 22.5. The predicted octanol–water partition coefficient (Wildman–Crippen LogP) is 5.64. The van der Waals surface area contributed by atoms with Crippen molar-refractivity contribution in [2.75, 3.05) is 0 Å². The smallest absolute Gasteiger partial charge is 0.294 e. The number of hydrogen-bond acceptors (Lipinski definition) is 2. The number of alkyl halides is 3. The van der Waals surface area contributed by atoms with Crippen LogP contribution in [-0.4, -0.2) is 17.4 Å². The Labute approximate surface area is 178 Å². The van der Waals surface area contributed by atoms with E-state index in [9.17, 15) is 13.2 Å². The minimum Gasteiger partial charge on any atom is -0.294 e. The van der Waals surface area contributed by atoms with Crippen LogP contribution in [-0.2, 0) is 11.9 Å². The summed E-state index contributed by atoms with van der Waals surface area (Å²) in [4.78, 5) is 4.76. The van der Waals surface area contributed by atoms with Crippen molar-refractivity contribution in [1.29, 1.82) is 0 Å². The molecular weight excluding hydrogens is 404 g/mol. The Bertz CT molecular complexity index is 1140. The second-order valence-electron chi connectivity index (χ2n) is 6.72. The number of aromatic nitrogens is 2. The SMILES string of the molecule is [B]c1cccc(-n2cc(-c3ccccc3)nc2SCc2ccc(C(F)(F)F)cc2)c1. The average Bonchev–Trinajstić information content (AvgIpc) is 3.17. The molecule has 0 aliphatic carbocycles. The summed E-state index contributed by atoms with van der Waals surface area (Å²) in [6.45, 7) is 0. The van der Waals surface area contributed by atoms with Crippen LogP contribution in [0.5, 0.6) is 0 Å². The second-order valence-corrected chi connectivity index (χ2v) is 7.67. The van der Waals surface area contributed by atoms with Gasteiger partial charge in [0, 0.05) is 23.2 Å². The Morgan fingerprint density at radius 2 is 1.63 bits per heavy atom. The maximum atomic E-state index is 12.8. The van der Waals surface area contributed by atoms with Crippen LogP contribution in [0.3, 0.4) is 0 Å². The molecule has 0 amide bonds. The molecule has 1 aromatic heterocycles. The van der Waals surface area contributed by atoms with Crippen molar-refractivity contribution in [2.45, 2.75) is 17.1 Å². The maximum Gasteiger partial charge on any atom is 0.416 e.